The molecule has 0 fully saturated rings. The van der Waals surface area contributed by atoms with Crippen LogP contribution in [0.4, 0.5) is 0 Å². The molecule has 0 saturated carbocycles. The number of aromatic amines is 1. The minimum Gasteiger partial charge on any atom is -0.350 e. The van der Waals surface area contributed by atoms with Gasteiger partial charge in [-0.15, -0.1) is 0 Å². The van der Waals surface area contributed by atoms with Crippen LogP contribution in [0.3, 0.4) is 0 Å². The quantitative estimate of drug-likeness (QED) is 0.662. The molecule has 1 amide bonds. The number of carbonyl (C=O) groups excluding carboxylic acids is 1. The third kappa shape index (κ3) is 3.07. The van der Waals surface area contributed by atoms with Crippen molar-refractivity contribution in [3.63, 3.8) is 0 Å². The van der Waals surface area contributed by atoms with Crippen LogP contribution in [0.5, 0.6) is 0 Å². The lowest BCUT2D eigenvalue weighted by Crippen LogP contribution is -2.34. The summed E-state index contributed by atoms with van der Waals surface area (Å²) in [4.78, 5) is 12.4. The summed E-state index contributed by atoms with van der Waals surface area (Å²) in [5, 5.41) is 14.1. The maximum absolute atomic E-state index is 12.4. The van der Waals surface area contributed by atoms with E-state index in [4.69, 9.17) is 5.73 Å². The average Bonchev–Trinajstić information content (AvgIpc) is 3.22. The Kier molecular flexibility index (Phi) is 4.43. The molecule has 2 aromatic heterocycles. The molecule has 2 heterocycles. The number of nitrogens with two attached hydrogens (primary N) is 1. The zero-order chi connectivity index (χ0) is 17.1. The van der Waals surface area contributed by atoms with E-state index < -0.39 is 6.04 Å². The van der Waals surface area contributed by atoms with Crippen molar-refractivity contribution < 1.29 is 4.79 Å². The predicted octanol–water partition coefficient (Wildman–Crippen LogP) is 1.53. The molecular formula is C17H20N6O. The van der Waals surface area contributed by atoms with E-state index >= 15 is 0 Å². The summed E-state index contributed by atoms with van der Waals surface area (Å²) in [6.07, 6.45) is 3.58. The number of nitrogens with one attached hydrogen (secondary N) is 2. The van der Waals surface area contributed by atoms with Crippen LogP contribution in [0, 0.1) is 13.8 Å². The van der Waals surface area contributed by atoms with Crippen molar-refractivity contribution >= 4 is 5.91 Å². The van der Waals surface area contributed by atoms with E-state index in [9.17, 15) is 4.79 Å². The van der Waals surface area contributed by atoms with E-state index in [0.29, 0.717) is 6.54 Å². The van der Waals surface area contributed by atoms with Gasteiger partial charge in [-0.3, -0.25) is 9.89 Å². The third-order valence-electron chi connectivity index (χ3n) is 3.97. The maximum atomic E-state index is 12.4. The maximum Gasteiger partial charge on any atom is 0.241 e. The molecule has 124 valence electrons. The summed E-state index contributed by atoms with van der Waals surface area (Å²) in [5.74, 6) is -0.238. The first kappa shape index (κ1) is 15.9. The van der Waals surface area contributed by atoms with Gasteiger partial charge in [-0.1, -0.05) is 18.2 Å². The molecule has 0 aliphatic heterocycles. The lowest BCUT2D eigenvalue weighted by atomic mass is 10.0. The van der Waals surface area contributed by atoms with Gasteiger partial charge in [-0.2, -0.15) is 10.2 Å². The zero-order valence-corrected chi connectivity index (χ0v) is 13.7. The second-order valence-corrected chi connectivity index (χ2v) is 5.62. The molecule has 0 radical (unpaired) electrons. The average molecular weight is 324 g/mol. The molecule has 0 unspecified atom stereocenters. The highest BCUT2D eigenvalue weighted by atomic mass is 16.2. The van der Waals surface area contributed by atoms with Crippen molar-refractivity contribution in [2.24, 2.45) is 5.73 Å². The number of hydrogen-bond acceptors (Lipinski definition) is 4. The third-order valence-corrected chi connectivity index (χ3v) is 3.97. The van der Waals surface area contributed by atoms with Crippen LogP contribution in [0.1, 0.15) is 28.6 Å². The number of H-pyrrole nitrogens is 1. The van der Waals surface area contributed by atoms with Gasteiger partial charge in [-0.05, 0) is 31.5 Å². The van der Waals surface area contributed by atoms with Crippen molar-refractivity contribution in [1.29, 1.82) is 0 Å². The van der Waals surface area contributed by atoms with E-state index in [-0.39, 0.29) is 5.91 Å². The molecule has 0 spiro atoms. The lowest BCUT2D eigenvalue weighted by Gasteiger charge is -2.14. The first-order valence-corrected chi connectivity index (χ1v) is 7.70. The van der Waals surface area contributed by atoms with Crippen LogP contribution in [-0.4, -0.2) is 25.9 Å². The summed E-state index contributed by atoms with van der Waals surface area (Å²) in [6.45, 7) is 4.06. The highest BCUT2D eigenvalue weighted by Crippen LogP contribution is 2.18. The SMILES string of the molecule is Cc1n[nH]c(C)c1[C@@H](N)C(=O)NCc1ccccc1-n1cccn1. The van der Waals surface area contributed by atoms with Gasteiger partial charge in [0.1, 0.15) is 6.04 Å². The van der Waals surface area contributed by atoms with Gasteiger partial charge in [0.2, 0.25) is 5.91 Å². The summed E-state index contributed by atoms with van der Waals surface area (Å²) in [7, 11) is 0. The fraction of sp³-hybridized carbons (Fsp3) is 0.235. The lowest BCUT2D eigenvalue weighted by molar-refractivity contribution is -0.122. The molecule has 3 aromatic rings. The Bertz CT molecular complexity index is 817. The molecule has 0 saturated heterocycles. The molecule has 7 nitrogen and oxygen atoms in total. The van der Waals surface area contributed by atoms with Crippen LogP contribution in [0.2, 0.25) is 0 Å². The second-order valence-electron chi connectivity index (χ2n) is 5.62. The monoisotopic (exact) mass is 324 g/mol. The number of amides is 1. The number of rotatable bonds is 5. The first-order valence-electron chi connectivity index (χ1n) is 7.70. The first-order chi connectivity index (χ1) is 11.6. The molecule has 24 heavy (non-hydrogen) atoms. The Balaban J connectivity index is 1.74. The van der Waals surface area contributed by atoms with Gasteiger partial charge in [0, 0.05) is 30.2 Å². The minimum atomic E-state index is -0.749. The largest absolute Gasteiger partial charge is 0.350 e. The topological polar surface area (TPSA) is 102 Å². The Morgan fingerprint density at radius 3 is 2.79 bits per heavy atom. The second kappa shape index (κ2) is 6.67. The van der Waals surface area contributed by atoms with Crippen LogP contribution in [-0.2, 0) is 11.3 Å². The van der Waals surface area contributed by atoms with Gasteiger partial charge < -0.3 is 11.1 Å². The molecule has 4 N–H and O–H groups in total. The normalized spacial score (nSPS) is 12.1. The van der Waals surface area contributed by atoms with Crippen LogP contribution < -0.4 is 11.1 Å². The van der Waals surface area contributed by atoms with Crippen molar-refractivity contribution in [2.75, 3.05) is 0 Å². The number of aromatic nitrogens is 4. The fourth-order valence-electron chi connectivity index (χ4n) is 2.74. The molecule has 1 atom stereocenters. The summed E-state index contributed by atoms with van der Waals surface area (Å²) in [5.41, 5.74) is 10.3. The predicted molar refractivity (Wildman–Crippen MR) is 90.4 cm³/mol. The van der Waals surface area contributed by atoms with Gasteiger partial charge in [0.05, 0.1) is 11.4 Å². The van der Waals surface area contributed by atoms with E-state index in [1.165, 1.54) is 0 Å². The number of nitrogens with zero attached hydrogens (tertiary/aromatic N) is 3. The smallest absolute Gasteiger partial charge is 0.241 e. The van der Waals surface area contributed by atoms with Gasteiger partial charge in [-0.25, -0.2) is 4.68 Å². The van der Waals surface area contributed by atoms with E-state index in [0.717, 1.165) is 28.2 Å². The Morgan fingerprint density at radius 1 is 1.33 bits per heavy atom. The Labute approximate surface area is 139 Å². The molecule has 3 rings (SSSR count). The number of para-hydroxylation sites is 1. The van der Waals surface area contributed by atoms with E-state index in [1.807, 2.05) is 50.4 Å². The van der Waals surface area contributed by atoms with Gasteiger partial charge in [0.25, 0.3) is 0 Å². The van der Waals surface area contributed by atoms with Crippen molar-refractivity contribution in [1.82, 2.24) is 25.3 Å². The van der Waals surface area contributed by atoms with Gasteiger partial charge in [0.15, 0.2) is 0 Å². The molecule has 0 aliphatic carbocycles. The highest BCUT2D eigenvalue weighted by molar-refractivity contribution is 5.83. The van der Waals surface area contributed by atoms with E-state index in [1.54, 1.807) is 10.9 Å². The van der Waals surface area contributed by atoms with Crippen LogP contribution in [0.15, 0.2) is 42.7 Å². The van der Waals surface area contributed by atoms with Crippen molar-refractivity contribution in [3.8, 4) is 5.69 Å². The minimum absolute atomic E-state index is 0.238. The number of benzene rings is 1. The molecule has 7 heteroatoms. The highest BCUT2D eigenvalue weighted by Gasteiger charge is 2.21. The number of carbonyl (C=O) groups is 1. The summed E-state index contributed by atoms with van der Waals surface area (Å²) < 4.78 is 1.77. The standard InChI is InChI=1S/C17H20N6O/c1-11-15(12(2)22-21-11)16(18)17(24)19-10-13-6-3-4-7-14(13)23-9-5-8-20-23/h3-9,16H,10,18H2,1-2H3,(H,19,24)(H,21,22)/t16-/m1/s1. The van der Waals surface area contributed by atoms with Crippen LogP contribution >= 0.6 is 0 Å². The van der Waals surface area contributed by atoms with E-state index in [2.05, 4.69) is 20.6 Å². The zero-order valence-electron chi connectivity index (χ0n) is 13.7. The van der Waals surface area contributed by atoms with Crippen LogP contribution in [0.25, 0.3) is 5.69 Å². The molecule has 0 aliphatic rings. The Hall–Kier alpha value is -2.93. The van der Waals surface area contributed by atoms with Crippen molar-refractivity contribution in [3.05, 3.63) is 65.2 Å². The molecular weight excluding hydrogens is 304 g/mol. The summed E-state index contributed by atoms with van der Waals surface area (Å²) in [6, 6.07) is 8.89. The number of aryl methyl sites for hydroxylation is 2. The van der Waals surface area contributed by atoms with Gasteiger partial charge >= 0.3 is 0 Å². The molecule has 0 bridgehead atoms. The summed E-state index contributed by atoms with van der Waals surface area (Å²) >= 11 is 0. The Morgan fingerprint density at radius 2 is 2.12 bits per heavy atom. The van der Waals surface area contributed by atoms with Crippen molar-refractivity contribution in [2.45, 2.75) is 26.4 Å². The fourth-order valence-corrected chi connectivity index (χ4v) is 2.74. The number of hydrogen-bond donors (Lipinski definition) is 3. The molecule has 1 aromatic carbocycles.